The van der Waals surface area contributed by atoms with E-state index in [1.807, 2.05) is 6.07 Å². The van der Waals surface area contributed by atoms with E-state index < -0.39 is 0 Å². The van der Waals surface area contributed by atoms with Crippen LogP contribution < -0.4 is 4.90 Å². The molecule has 0 aromatic carbocycles. The number of hydrogen-bond acceptors (Lipinski definition) is 4. The van der Waals surface area contributed by atoms with Gasteiger partial charge in [-0.3, -0.25) is 0 Å². The van der Waals surface area contributed by atoms with Crippen molar-refractivity contribution in [3.63, 3.8) is 0 Å². The van der Waals surface area contributed by atoms with Crippen molar-refractivity contribution in [1.82, 2.24) is 19.6 Å². The van der Waals surface area contributed by atoms with E-state index in [-0.39, 0.29) is 0 Å². The second kappa shape index (κ2) is 4.72. The van der Waals surface area contributed by atoms with Gasteiger partial charge in [-0.1, -0.05) is 24.9 Å². The molecule has 1 aliphatic heterocycles. The lowest BCUT2D eigenvalue weighted by Crippen LogP contribution is -2.36. The first-order chi connectivity index (χ1) is 8.78. The van der Waals surface area contributed by atoms with Crippen LogP contribution in [-0.2, 0) is 0 Å². The summed E-state index contributed by atoms with van der Waals surface area (Å²) in [5, 5.41) is 4.70. The van der Waals surface area contributed by atoms with Gasteiger partial charge in [-0.05, 0) is 18.8 Å². The summed E-state index contributed by atoms with van der Waals surface area (Å²) in [4.78, 5) is 10.6. The third kappa shape index (κ3) is 2.03. The largest absolute Gasteiger partial charge is 0.356 e. The van der Waals surface area contributed by atoms with Gasteiger partial charge in [-0.15, -0.1) is 0 Å². The lowest BCUT2D eigenvalue weighted by molar-refractivity contribution is 0.401. The second-order valence-corrected chi connectivity index (χ2v) is 5.16. The lowest BCUT2D eigenvalue weighted by atomic mass is 9.96. The molecule has 2 aromatic heterocycles. The predicted octanol–water partition coefficient (Wildman–Crippen LogP) is 2.40. The van der Waals surface area contributed by atoms with Crippen LogP contribution >= 0.6 is 11.6 Å². The fourth-order valence-electron chi connectivity index (χ4n) is 2.60. The summed E-state index contributed by atoms with van der Waals surface area (Å²) in [5.41, 5.74) is 0. The van der Waals surface area contributed by atoms with Crippen molar-refractivity contribution in [3.8, 4) is 0 Å². The highest BCUT2D eigenvalue weighted by atomic mass is 35.5. The fourth-order valence-corrected chi connectivity index (χ4v) is 2.77. The van der Waals surface area contributed by atoms with E-state index in [1.54, 1.807) is 4.52 Å². The number of hydrogen-bond donors (Lipinski definition) is 0. The van der Waals surface area contributed by atoms with Crippen molar-refractivity contribution in [2.24, 2.45) is 5.92 Å². The predicted molar refractivity (Wildman–Crippen MR) is 71.0 cm³/mol. The average Bonchev–Trinajstić information content (AvgIpc) is 2.85. The van der Waals surface area contributed by atoms with Gasteiger partial charge in [0.1, 0.15) is 17.3 Å². The smallest absolute Gasteiger partial charge is 0.255 e. The van der Waals surface area contributed by atoms with E-state index in [1.165, 1.54) is 25.6 Å². The summed E-state index contributed by atoms with van der Waals surface area (Å²) < 4.78 is 1.77. The molecule has 5 nitrogen and oxygen atoms in total. The number of nitrogens with zero attached hydrogens (tertiary/aromatic N) is 5. The van der Waals surface area contributed by atoms with Gasteiger partial charge in [-0.25, -0.2) is 0 Å². The Bertz CT molecular complexity index is 552. The molecule has 18 heavy (non-hydrogen) atoms. The van der Waals surface area contributed by atoms with Crippen molar-refractivity contribution >= 4 is 23.2 Å². The molecule has 0 aliphatic carbocycles. The molecular formula is C12H16ClN5. The van der Waals surface area contributed by atoms with Crippen LogP contribution in [0.2, 0.25) is 5.15 Å². The molecule has 0 spiro atoms. The van der Waals surface area contributed by atoms with Gasteiger partial charge in [0.2, 0.25) is 0 Å². The number of rotatable bonds is 2. The Labute approximate surface area is 111 Å². The highest BCUT2D eigenvalue weighted by Gasteiger charge is 2.21. The first-order valence-electron chi connectivity index (χ1n) is 6.39. The summed E-state index contributed by atoms with van der Waals surface area (Å²) in [6.45, 7) is 4.36. The van der Waals surface area contributed by atoms with Crippen LogP contribution in [-0.4, -0.2) is 32.7 Å². The molecule has 1 saturated heterocycles. The van der Waals surface area contributed by atoms with Crippen LogP contribution in [0.25, 0.3) is 5.78 Å². The molecule has 1 aliphatic rings. The van der Waals surface area contributed by atoms with Crippen LogP contribution in [0.4, 0.5) is 5.82 Å². The van der Waals surface area contributed by atoms with E-state index >= 15 is 0 Å². The molecule has 0 saturated carbocycles. The molecule has 1 unspecified atom stereocenters. The van der Waals surface area contributed by atoms with Crippen LogP contribution in [0.3, 0.4) is 0 Å². The first kappa shape index (κ1) is 11.7. The number of piperidine rings is 1. The highest BCUT2D eigenvalue weighted by Crippen LogP contribution is 2.26. The number of anilines is 1. The third-order valence-corrected chi connectivity index (χ3v) is 3.82. The van der Waals surface area contributed by atoms with E-state index in [0.717, 1.165) is 24.8 Å². The zero-order chi connectivity index (χ0) is 12.5. The maximum atomic E-state index is 6.05. The van der Waals surface area contributed by atoms with E-state index in [9.17, 15) is 0 Å². The first-order valence-corrected chi connectivity index (χ1v) is 6.77. The lowest BCUT2D eigenvalue weighted by Gasteiger charge is -2.33. The molecular weight excluding hydrogens is 250 g/mol. The van der Waals surface area contributed by atoms with Gasteiger partial charge in [0.05, 0.1) is 0 Å². The highest BCUT2D eigenvalue weighted by molar-refractivity contribution is 6.29. The van der Waals surface area contributed by atoms with E-state index in [2.05, 4.69) is 26.9 Å². The normalized spacial score (nSPS) is 20.6. The average molecular weight is 266 g/mol. The van der Waals surface area contributed by atoms with Gasteiger partial charge in [0, 0.05) is 19.2 Å². The van der Waals surface area contributed by atoms with Crippen LogP contribution in [0.5, 0.6) is 0 Å². The molecule has 3 heterocycles. The Hall–Kier alpha value is -1.36. The van der Waals surface area contributed by atoms with Crippen molar-refractivity contribution in [2.45, 2.75) is 26.2 Å². The summed E-state index contributed by atoms with van der Waals surface area (Å²) >= 11 is 6.05. The summed E-state index contributed by atoms with van der Waals surface area (Å²) in [6.07, 6.45) is 5.26. The van der Waals surface area contributed by atoms with Crippen LogP contribution in [0.15, 0.2) is 12.4 Å². The standard InChI is InChI=1S/C12H16ClN5/c1-2-9-4-3-5-17(7-9)11-6-10(13)16-12-14-8-15-18(11)12/h6,8-9H,2-5,7H2,1H3. The third-order valence-electron chi connectivity index (χ3n) is 3.62. The molecule has 96 valence electrons. The van der Waals surface area contributed by atoms with Gasteiger partial charge < -0.3 is 4.90 Å². The minimum absolute atomic E-state index is 0.476. The molecule has 6 heteroatoms. The van der Waals surface area contributed by atoms with Crippen molar-refractivity contribution < 1.29 is 0 Å². The van der Waals surface area contributed by atoms with Crippen molar-refractivity contribution in [3.05, 3.63) is 17.5 Å². The van der Waals surface area contributed by atoms with Crippen molar-refractivity contribution in [1.29, 1.82) is 0 Å². The van der Waals surface area contributed by atoms with Crippen LogP contribution in [0.1, 0.15) is 26.2 Å². The van der Waals surface area contributed by atoms with Crippen LogP contribution in [0, 0.1) is 5.92 Å². The Morgan fingerprint density at radius 3 is 3.22 bits per heavy atom. The molecule has 0 N–H and O–H groups in total. The molecule has 3 rings (SSSR count). The minimum atomic E-state index is 0.476. The van der Waals surface area contributed by atoms with Gasteiger partial charge in [0.15, 0.2) is 0 Å². The number of aromatic nitrogens is 4. The monoisotopic (exact) mass is 265 g/mol. The molecule has 0 amide bonds. The Balaban J connectivity index is 2.00. The zero-order valence-electron chi connectivity index (χ0n) is 10.4. The fraction of sp³-hybridized carbons (Fsp3) is 0.583. The summed E-state index contributed by atoms with van der Waals surface area (Å²) in [7, 11) is 0. The van der Waals surface area contributed by atoms with Gasteiger partial charge >= 0.3 is 0 Å². The molecule has 1 fully saturated rings. The molecule has 0 bridgehead atoms. The number of halogens is 1. The van der Waals surface area contributed by atoms with Crippen molar-refractivity contribution in [2.75, 3.05) is 18.0 Å². The molecule has 0 radical (unpaired) electrons. The van der Waals surface area contributed by atoms with E-state index in [4.69, 9.17) is 11.6 Å². The van der Waals surface area contributed by atoms with E-state index in [0.29, 0.717) is 10.9 Å². The minimum Gasteiger partial charge on any atom is -0.356 e. The summed E-state index contributed by atoms with van der Waals surface area (Å²) in [6, 6.07) is 1.88. The maximum Gasteiger partial charge on any atom is 0.255 e. The SMILES string of the molecule is CCC1CCCN(c2cc(Cl)nc3ncnn23)C1. The second-order valence-electron chi connectivity index (χ2n) is 4.77. The van der Waals surface area contributed by atoms with Gasteiger partial charge in [0.25, 0.3) is 5.78 Å². The topological polar surface area (TPSA) is 46.3 Å². The van der Waals surface area contributed by atoms with Gasteiger partial charge in [-0.2, -0.15) is 19.6 Å². The Morgan fingerprint density at radius 2 is 2.39 bits per heavy atom. The summed E-state index contributed by atoms with van der Waals surface area (Å²) in [5.74, 6) is 2.32. The quantitative estimate of drug-likeness (QED) is 0.783. The Morgan fingerprint density at radius 1 is 1.50 bits per heavy atom. The maximum absolute atomic E-state index is 6.05. The Kier molecular flexibility index (Phi) is 3.07. The number of fused-ring (bicyclic) bond motifs is 1. The molecule has 2 aromatic rings. The molecule has 1 atom stereocenters. The zero-order valence-corrected chi connectivity index (χ0v) is 11.1.